The fraction of sp³-hybridized carbons (Fsp3) is 0.578. The van der Waals surface area contributed by atoms with Crippen molar-refractivity contribution in [2.45, 2.75) is 102 Å². The molecule has 13 heteroatoms. The lowest BCUT2D eigenvalue weighted by Gasteiger charge is -2.59. The SMILES string of the molecule is C=CCO[C@@]12Oc3ccc(OC(=O)NCC)cc3[C@H]3[C@H](CCCCO)[C@@H](CCCCO)C=C(C(=NOC4CCCCO4)C[C@@H]1N(C)C(=O)Cc1cccc(OC)c1)[C@H]32. The Balaban J connectivity index is 1.54. The summed E-state index contributed by atoms with van der Waals surface area (Å²) in [6.07, 6.45) is 10.5. The van der Waals surface area contributed by atoms with Gasteiger partial charge in [-0.15, -0.1) is 6.58 Å². The van der Waals surface area contributed by atoms with E-state index in [1.54, 1.807) is 31.2 Å². The number of aliphatic hydroxyl groups is 2. The predicted octanol–water partition coefficient (Wildman–Crippen LogP) is 6.66. The molecule has 1 saturated carbocycles. The Hall–Kier alpha value is -4.43. The van der Waals surface area contributed by atoms with Gasteiger partial charge in [0, 0.05) is 51.1 Å². The van der Waals surface area contributed by atoms with E-state index < -0.39 is 30.1 Å². The molecule has 1 unspecified atom stereocenters. The lowest BCUT2D eigenvalue weighted by atomic mass is 9.55. The first-order valence-corrected chi connectivity index (χ1v) is 21.0. The third-order valence-electron chi connectivity index (χ3n) is 11.9. The number of hydrogen-bond acceptors (Lipinski definition) is 11. The fourth-order valence-electron chi connectivity index (χ4n) is 9.25. The minimum atomic E-state index is -1.40. The molecule has 6 rings (SSSR count). The van der Waals surface area contributed by atoms with Crippen LogP contribution in [0.1, 0.15) is 88.2 Å². The van der Waals surface area contributed by atoms with Crippen molar-refractivity contribution < 1.29 is 48.3 Å². The molecule has 2 heterocycles. The van der Waals surface area contributed by atoms with Crippen LogP contribution >= 0.6 is 0 Å². The highest BCUT2D eigenvalue weighted by atomic mass is 16.8. The van der Waals surface area contributed by atoms with Crippen LogP contribution in [-0.2, 0) is 25.5 Å². The highest BCUT2D eigenvalue weighted by Gasteiger charge is 2.65. The van der Waals surface area contributed by atoms with Crippen LogP contribution < -0.4 is 19.5 Å². The van der Waals surface area contributed by atoms with Gasteiger partial charge in [-0.05, 0) is 98.8 Å². The van der Waals surface area contributed by atoms with E-state index in [0.29, 0.717) is 49.0 Å². The number of unbranched alkanes of at least 4 members (excludes halogenated alkanes) is 2. The van der Waals surface area contributed by atoms with E-state index in [2.05, 4.69) is 18.0 Å². The van der Waals surface area contributed by atoms with Crippen LogP contribution in [0.15, 0.2) is 71.9 Å². The van der Waals surface area contributed by atoms with Gasteiger partial charge in [0.15, 0.2) is 0 Å². The van der Waals surface area contributed by atoms with Gasteiger partial charge in [0.25, 0.3) is 0 Å². The lowest BCUT2D eigenvalue weighted by Crippen LogP contribution is -2.69. The van der Waals surface area contributed by atoms with Gasteiger partial charge in [0.1, 0.15) is 23.3 Å². The summed E-state index contributed by atoms with van der Waals surface area (Å²) in [4.78, 5) is 35.1. The summed E-state index contributed by atoms with van der Waals surface area (Å²) in [5, 5.41) is 27.3. The molecule has 3 N–H and O–H groups in total. The number of aliphatic hydroxyl groups excluding tert-OH is 2. The number of benzene rings is 2. The van der Waals surface area contributed by atoms with Crippen LogP contribution in [0.5, 0.6) is 17.2 Å². The van der Waals surface area contributed by atoms with Crippen molar-refractivity contribution in [2.24, 2.45) is 22.9 Å². The van der Waals surface area contributed by atoms with Gasteiger partial charge < -0.3 is 49.0 Å². The molecule has 2 fully saturated rings. The van der Waals surface area contributed by atoms with Gasteiger partial charge in [0.05, 0.1) is 38.4 Å². The Morgan fingerprint density at radius 1 is 1.07 bits per heavy atom. The molecule has 1 saturated heterocycles. The number of likely N-dealkylation sites (N-methyl/N-ethyl adjacent to an activating group) is 1. The smallest absolute Gasteiger partial charge is 0.412 e. The summed E-state index contributed by atoms with van der Waals surface area (Å²) >= 11 is 0. The zero-order chi connectivity index (χ0) is 41.1. The first-order chi connectivity index (χ1) is 28.3. The van der Waals surface area contributed by atoms with Gasteiger partial charge in [-0.2, -0.15) is 0 Å². The van der Waals surface area contributed by atoms with Crippen molar-refractivity contribution in [3.8, 4) is 17.2 Å². The molecular weight excluding hydrogens is 743 g/mol. The normalized spacial score (nSPS) is 26.6. The van der Waals surface area contributed by atoms with E-state index >= 15 is 0 Å². The molecule has 2 amide bonds. The number of nitrogens with one attached hydrogen (secondary N) is 1. The maximum atomic E-state index is 14.5. The molecule has 2 aliphatic heterocycles. The summed E-state index contributed by atoms with van der Waals surface area (Å²) in [6.45, 7) is 7.16. The van der Waals surface area contributed by atoms with Crippen molar-refractivity contribution in [1.82, 2.24) is 10.2 Å². The largest absolute Gasteiger partial charge is 0.497 e. The summed E-state index contributed by atoms with van der Waals surface area (Å²) in [5.74, 6) is -0.608. The summed E-state index contributed by atoms with van der Waals surface area (Å²) in [5.41, 5.74) is 3.28. The molecule has 0 aromatic heterocycles. The molecule has 4 aliphatic rings. The number of hydrogen-bond donors (Lipinski definition) is 3. The number of carbonyl (C=O) groups excluding carboxylic acids is 2. The van der Waals surface area contributed by atoms with Crippen molar-refractivity contribution >= 4 is 17.7 Å². The number of methoxy groups -OCH3 is 1. The summed E-state index contributed by atoms with van der Waals surface area (Å²) in [6, 6.07) is 12.2. The second-order valence-electron chi connectivity index (χ2n) is 15.6. The van der Waals surface area contributed by atoms with Gasteiger partial charge in [0.2, 0.25) is 18.0 Å². The highest BCUT2D eigenvalue weighted by molar-refractivity contribution is 6.03. The molecule has 0 bridgehead atoms. The second kappa shape index (κ2) is 20.5. The zero-order valence-electron chi connectivity index (χ0n) is 34.2. The monoisotopic (exact) mass is 803 g/mol. The van der Waals surface area contributed by atoms with Gasteiger partial charge in [-0.25, -0.2) is 4.79 Å². The van der Waals surface area contributed by atoms with Crippen LogP contribution in [0, 0.1) is 17.8 Å². The topological polar surface area (TPSA) is 158 Å². The third-order valence-corrected chi connectivity index (χ3v) is 11.9. The van der Waals surface area contributed by atoms with Crippen LogP contribution in [0.25, 0.3) is 0 Å². The van der Waals surface area contributed by atoms with Gasteiger partial charge in [-0.3, -0.25) is 4.79 Å². The van der Waals surface area contributed by atoms with E-state index in [-0.39, 0.29) is 56.3 Å². The summed E-state index contributed by atoms with van der Waals surface area (Å²) in [7, 11) is 3.39. The number of allylic oxidation sites excluding steroid dienone is 1. The van der Waals surface area contributed by atoms with Crippen LogP contribution in [0.4, 0.5) is 4.79 Å². The molecule has 2 aliphatic carbocycles. The van der Waals surface area contributed by atoms with Gasteiger partial charge in [-0.1, -0.05) is 42.3 Å². The van der Waals surface area contributed by atoms with E-state index in [9.17, 15) is 19.8 Å². The Bertz CT molecular complexity index is 1780. The predicted molar refractivity (Wildman–Crippen MR) is 219 cm³/mol. The number of amides is 2. The summed E-state index contributed by atoms with van der Waals surface area (Å²) < 4.78 is 31.4. The maximum Gasteiger partial charge on any atom is 0.412 e. The number of fused-ring (bicyclic) bond motifs is 2. The fourth-order valence-corrected chi connectivity index (χ4v) is 9.25. The minimum Gasteiger partial charge on any atom is -0.497 e. The molecule has 316 valence electrons. The molecule has 13 nitrogen and oxygen atoms in total. The first kappa shape index (κ1) is 43.2. The van der Waals surface area contributed by atoms with Crippen molar-refractivity contribution in [3.05, 3.63) is 77.9 Å². The number of oxime groups is 1. The molecule has 2 aromatic carbocycles. The zero-order valence-corrected chi connectivity index (χ0v) is 34.2. The standard InChI is InChI=1S/C45H61N3O10/c1-5-23-55-45-39(48(3)40(51)26-30-14-13-16-32(25-30)53-4)29-37(47-58-41-18-9-12-24-54-41)35-27-31(15-7-10-21-49)34(17-8-11-22-50)42(43(35)45)36-28-33(19-20-38(36)57-45)56-44(52)46-6-2/h5,13-14,16,19-20,25,27-28,31,34,39,41-43,49-50H,1,6-12,15,17-18,21-24,26,29H2,2-4H3,(H,46,52)/t31-,34+,39-,41?,42+,43+,45+/m0/s1. The van der Waals surface area contributed by atoms with Crippen LogP contribution in [0.3, 0.4) is 0 Å². The Labute approximate surface area is 342 Å². The molecule has 58 heavy (non-hydrogen) atoms. The van der Waals surface area contributed by atoms with E-state index in [1.807, 2.05) is 43.3 Å². The highest BCUT2D eigenvalue weighted by Crippen LogP contribution is 2.62. The Kier molecular flexibility index (Phi) is 15.3. The Morgan fingerprint density at radius 2 is 1.88 bits per heavy atom. The Morgan fingerprint density at radius 3 is 2.60 bits per heavy atom. The third kappa shape index (κ3) is 9.71. The van der Waals surface area contributed by atoms with Crippen molar-refractivity contribution in [1.29, 1.82) is 0 Å². The average Bonchev–Trinajstić information content (AvgIpc) is 3.23. The number of rotatable bonds is 19. The molecule has 0 spiro atoms. The first-order valence-electron chi connectivity index (χ1n) is 21.0. The lowest BCUT2D eigenvalue weighted by molar-refractivity contribution is -0.255. The van der Waals surface area contributed by atoms with E-state index in [4.69, 9.17) is 33.7 Å². The maximum absolute atomic E-state index is 14.5. The molecular formula is C45H61N3O10. The number of carbonyl (C=O) groups is 2. The van der Waals surface area contributed by atoms with Crippen LogP contribution in [-0.4, -0.2) is 98.1 Å². The number of nitrogens with zero attached hydrogens (tertiary/aromatic N) is 2. The van der Waals surface area contributed by atoms with Gasteiger partial charge >= 0.3 is 6.09 Å². The van der Waals surface area contributed by atoms with E-state index in [1.165, 1.54) is 0 Å². The van der Waals surface area contributed by atoms with Crippen molar-refractivity contribution in [2.75, 3.05) is 47.1 Å². The second-order valence-corrected chi connectivity index (χ2v) is 15.6. The molecule has 0 radical (unpaired) electrons. The number of ether oxygens (including phenoxy) is 5. The minimum absolute atomic E-state index is 0.0217. The molecule has 7 atom stereocenters. The van der Waals surface area contributed by atoms with Crippen molar-refractivity contribution in [3.63, 3.8) is 0 Å². The molecule has 2 aromatic rings. The quantitative estimate of drug-likeness (QED) is 0.0797. The average molecular weight is 804 g/mol. The van der Waals surface area contributed by atoms with Crippen LogP contribution in [0.2, 0.25) is 0 Å². The van der Waals surface area contributed by atoms with E-state index in [0.717, 1.165) is 61.6 Å².